The van der Waals surface area contributed by atoms with Crippen molar-refractivity contribution in [2.24, 2.45) is 5.73 Å². The SMILES string of the molecule is CCn1ncnc1CC(N)c1cc(Cl)c(OC)c(OC)c1. The second-order valence-corrected chi connectivity index (χ2v) is 4.95. The molecular formula is C14H19ClN4O2. The normalized spacial score (nSPS) is 12.2. The highest BCUT2D eigenvalue weighted by Gasteiger charge is 2.17. The van der Waals surface area contributed by atoms with Crippen molar-refractivity contribution in [1.82, 2.24) is 14.8 Å². The molecule has 2 aromatic rings. The first-order chi connectivity index (χ1) is 10.1. The molecule has 2 N–H and O–H groups in total. The summed E-state index contributed by atoms with van der Waals surface area (Å²) in [7, 11) is 3.12. The summed E-state index contributed by atoms with van der Waals surface area (Å²) in [4.78, 5) is 4.23. The van der Waals surface area contributed by atoms with Gasteiger partial charge in [-0.2, -0.15) is 5.10 Å². The predicted molar refractivity (Wildman–Crippen MR) is 80.9 cm³/mol. The lowest BCUT2D eigenvalue weighted by Gasteiger charge is -2.16. The molecule has 6 nitrogen and oxygen atoms in total. The molecule has 21 heavy (non-hydrogen) atoms. The Morgan fingerprint density at radius 3 is 2.71 bits per heavy atom. The molecule has 0 aliphatic heterocycles. The van der Waals surface area contributed by atoms with E-state index in [1.807, 2.05) is 17.7 Å². The van der Waals surface area contributed by atoms with Gasteiger partial charge >= 0.3 is 0 Å². The van der Waals surface area contributed by atoms with Gasteiger partial charge in [0.1, 0.15) is 12.2 Å². The van der Waals surface area contributed by atoms with Crippen LogP contribution in [0.15, 0.2) is 18.5 Å². The quantitative estimate of drug-likeness (QED) is 0.885. The van der Waals surface area contributed by atoms with Gasteiger partial charge in [0.15, 0.2) is 11.5 Å². The van der Waals surface area contributed by atoms with E-state index in [2.05, 4.69) is 10.1 Å². The molecule has 0 saturated carbocycles. The Hall–Kier alpha value is -1.79. The summed E-state index contributed by atoms with van der Waals surface area (Å²) in [5, 5.41) is 4.61. The second kappa shape index (κ2) is 6.78. The number of hydrogen-bond donors (Lipinski definition) is 1. The Morgan fingerprint density at radius 2 is 2.10 bits per heavy atom. The van der Waals surface area contributed by atoms with E-state index in [-0.39, 0.29) is 6.04 Å². The van der Waals surface area contributed by atoms with E-state index in [0.717, 1.165) is 17.9 Å². The van der Waals surface area contributed by atoms with Gasteiger partial charge in [0.05, 0.1) is 19.2 Å². The molecule has 1 heterocycles. The molecule has 0 fully saturated rings. The molecular weight excluding hydrogens is 292 g/mol. The van der Waals surface area contributed by atoms with E-state index in [0.29, 0.717) is 22.9 Å². The third kappa shape index (κ3) is 3.28. The van der Waals surface area contributed by atoms with Crippen LogP contribution in [0.1, 0.15) is 24.4 Å². The number of aromatic nitrogens is 3. The maximum Gasteiger partial charge on any atom is 0.179 e. The molecule has 2 rings (SSSR count). The Kier molecular flexibility index (Phi) is 5.03. The van der Waals surface area contributed by atoms with E-state index in [9.17, 15) is 0 Å². The molecule has 1 aromatic carbocycles. The van der Waals surface area contributed by atoms with Gasteiger partial charge in [-0.3, -0.25) is 4.68 Å². The van der Waals surface area contributed by atoms with Crippen LogP contribution in [0.5, 0.6) is 11.5 Å². The minimum atomic E-state index is -0.253. The van der Waals surface area contributed by atoms with Crippen LogP contribution in [0.2, 0.25) is 5.02 Å². The van der Waals surface area contributed by atoms with Crippen molar-refractivity contribution in [2.75, 3.05) is 14.2 Å². The van der Waals surface area contributed by atoms with Crippen LogP contribution in [0, 0.1) is 0 Å². The summed E-state index contributed by atoms with van der Waals surface area (Å²) < 4.78 is 12.3. The lowest BCUT2D eigenvalue weighted by atomic mass is 10.0. The highest BCUT2D eigenvalue weighted by atomic mass is 35.5. The van der Waals surface area contributed by atoms with Crippen molar-refractivity contribution in [3.05, 3.63) is 34.9 Å². The lowest BCUT2D eigenvalue weighted by Crippen LogP contribution is -2.17. The average molecular weight is 311 g/mol. The smallest absolute Gasteiger partial charge is 0.179 e. The number of halogens is 1. The number of hydrogen-bond acceptors (Lipinski definition) is 5. The highest BCUT2D eigenvalue weighted by molar-refractivity contribution is 6.32. The van der Waals surface area contributed by atoms with Gasteiger partial charge in [-0.25, -0.2) is 4.98 Å². The fourth-order valence-electron chi connectivity index (χ4n) is 2.18. The van der Waals surface area contributed by atoms with Crippen molar-refractivity contribution < 1.29 is 9.47 Å². The number of benzene rings is 1. The van der Waals surface area contributed by atoms with E-state index in [4.69, 9.17) is 26.8 Å². The zero-order valence-electron chi connectivity index (χ0n) is 12.3. The minimum Gasteiger partial charge on any atom is -0.493 e. The minimum absolute atomic E-state index is 0.253. The van der Waals surface area contributed by atoms with Gasteiger partial charge in [0.25, 0.3) is 0 Å². The van der Waals surface area contributed by atoms with E-state index >= 15 is 0 Å². The van der Waals surface area contributed by atoms with Crippen LogP contribution in [0.3, 0.4) is 0 Å². The summed E-state index contributed by atoms with van der Waals surface area (Å²) in [6.07, 6.45) is 2.10. The summed E-state index contributed by atoms with van der Waals surface area (Å²) in [6, 6.07) is 3.37. The van der Waals surface area contributed by atoms with Crippen LogP contribution >= 0.6 is 11.6 Å². The molecule has 0 spiro atoms. The first-order valence-electron chi connectivity index (χ1n) is 6.64. The van der Waals surface area contributed by atoms with Crippen LogP contribution in [-0.2, 0) is 13.0 Å². The van der Waals surface area contributed by atoms with Gasteiger partial charge < -0.3 is 15.2 Å². The monoisotopic (exact) mass is 310 g/mol. The number of rotatable bonds is 6. The third-order valence-corrected chi connectivity index (χ3v) is 3.56. The predicted octanol–water partition coefficient (Wildman–Crippen LogP) is 2.21. The van der Waals surface area contributed by atoms with Gasteiger partial charge in [-0.1, -0.05) is 11.6 Å². The van der Waals surface area contributed by atoms with Crippen molar-refractivity contribution in [1.29, 1.82) is 0 Å². The maximum atomic E-state index is 6.26. The fourth-order valence-corrected chi connectivity index (χ4v) is 2.47. The third-order valence-electron chi connectivity index (χ3n) is 3.28. The first kappa shape index (κ1) is 15.6. The molecule has 0 aliphatic carbocycles. The number of ether oxygens (including phenoxy) is 2. The average Bonchev–Trinajstić information content (AvgIpc) is 2.93. The number of nitrogens with zero attached hydrogens (tertiary/aromatic N) is 3. The van der Waals surface area contributed by atoms with E-state index in [1.165, 1.54) is 6.33 Å². The molecule has 0 radical (unpaired) electrons. The molecule has 0 amide bonds. The van der Waals surface area contributed by atoms with Crippen LogP contribution in [-0.4, -0.2) is 29.0 Å². The van der Waals surface area contributed by atoms with E-state index < -0.39 is 0 Å². The Labute approximate surface area is 128 Å². The zero-order valence-corrected chi connectivity index (χ0v) is 13.1. The largest absolute Gasteiger partial charge is 0.493 e. The Balaban J connectivity index is 2.27. The summed E-state index contributed by atoms with van der Waals surface area (Å²) in [5.41, 5.74) is 7.12. The number of nitrogens with two attached hydrogens (primary N) is 1. The molecule has 0 bridgehead atoms. The fraction of sp³-hybridized carbons (Fsp3) is 0.429. The lowest BCUT2D eigenvalue weighted by molar-refractivity contribution is 0.354. The Bertz CT molecular complexity index is 615. The summed E-state index contributed by atoms with van der Waals surface area (Å²) in [5.74, 6) is 1.91. The second-order valence-electron chi connectivity index (χ2n) is 4.54. The van der Waals surface area contributed by atoms with E-state index in [1.54, 1.807) is 20.3 Å². The summed E-state index contributed by atoms with van der Waals surface area (Å²) in [6.45, 7) is 2.77. The highest BCUT2D eigenvalue weighted by Crippen LogP contribution is 2.37. The topological polar surface area (TPSA) is 75.2 Å². The zero-order chi connectivity index (χ0) is 15.4. The number of aryl methyl sites for hydroxylation is 1. The molecule has 1 aromatic heterocycles. The molecule has 1 atom stereocenters. The molecule has 1 unspecified atom stereocenters. The van der Waals surface area contributed by atoms with Crippen LogP contribution < -0.4 is 15.2 Å². The maximum absolute atomic E-state index is 6.26. The summed E-state index contributed by atoms with van der Waals surface area (Å²) >= 11 is 6.20. The molecule has 0 saturated heterocycles. The number of methoxy groups -OCH3 is 2. The van der Waals surface area contributed by atoms with Crippen LogP contribution in [0.25, 0.3) is 0 Å². The van der Waals surface area contributed by atoms with Gasteiger partial charge in [-0.15, -0.1) is 0 Å². The van der Waals surface area contributed by atoms with Crippen molar-refractivity contribution >= 4 is 11.6 Å². The Morgan fingerprint density at radius 1 is 1.33 bits per heavy atom. The molecule has 0 aliphatic rings. The van der Waals surface area contributed by atoms with Crippen molar-refractivity contribution in [3.8, 4) is 11.5 Å². The first-order valence-corrected chi connectivity index (χ1v) is 7.02. The van der Waals surface area contributed by atoms with Crippen molar-refractivity contribution in [3.63, 3.8) is 0 Å². The van der Waals surface area contributed by atoms with Gasteiger partial charge in [-0.05, 0) is 24.6 Å². The van der Waals surface area contributed by atoms with Gasteiger partial charge in [0.2, 0.25) is 0 Å². The molecule has 7 heteroatoms. The van der Waals surface area contributed by atoms with Crippen molar-refractivity contribution in [2.45, 2.75) is 25.9 Å². The van der Waals surface area contributed by atoms with Gasteiger partial charge in [0, 0.05) is 19.0 Å². The standard InChI is InChI=1S/C14H19ClN4O2/c1-4-19-13(17-8-18-19)7-11(16)9-5-10(15)14(21-3)12(6-9)20-2/h5-6,8,11H,4,7,16H2,1-3H3. The molecule has 114 valence electrons. The van der Waals surface area contributed by atoms with Crippen LogP contribution in [0.4, 0.5) is 0 Å².